The first kappa shape index (κ1) is 20.5. The standard InChI is InChI=1S/C22H24FN3O3/c1-15(27)25-10-9-24-13-18-11-16-7-8-19(28-2)12-21(16)26-22(18)29-14-17-5-3-4-6-20(17)23/h3-8,11-12,24H,9-10,13-14H2,1-2H3,(H,25,27). The van der Waals surface area contributed by atoms with Crippen molar-refractivity contribution >= 4 is 16.8 Å². The average Bonchev–Trinajstić information content (AvgIpc) is 2.72. The molecule has 0 radical (unpaired) electrons. The van der Waals surface area contributed by atoms with Crippen molar-refractivity contribution in [1.82, 2.24) is 15.6 Å². The second-order valence-electron chi connectivity index (χ2n) is 6.55. The minimum Gasteiger partial charge on any atom is -0.497 e. The van der Waals surface area contributed by atoms with Gasteiger partial charge in [-0.15, -0.1) is 0 Å². The van der Waals surface area contributed by atoms with Crippen molar-refractivity contribution in [1.29, 1.82) is 0 Å². The van der Waals surface area contributed by atoms with Crippen LogP contribution >= 0.6 is 0 Å². The number of benzene rings is 2. The van der Waals surface area contributed by atoms with E-state index in [4.69, 9.17) is 9.47 Å². The summed E-state index contributed by atoms with van der Waals surface area (Å²) in [6.07, 6.45) is 0. The monoisotopic (exact) mass is 397 g/mol. The van der Waals surface area contributed by atoms with E-state index in [1.54, 1.807) is 25.3 Å². The Bertz CT molecular complexity index is 994. The number of rotatable bonds is 9. The molecule has 0 aliphatic rings. The van der Waals surface area contributed by atoms with Gasteiger partial charge in [-0.2, -0.15) is 0 Å². The van der Waals surface area contributed by atoms with Gasteiger partial charge >= 0.3 is 0 Å². The summed E-state index contributed by atoms with van der Waals surface area (Å²) in [6.45, 7) is 3.19. The fraction of sp³-hybridized carbons (Fsp3) is 0.273. The fourth-order valence-electron chi connectivity index (χ4n) is 2.86. The third-order valence-corrected chi connectivity index (χ3v) is 4.38. The summed E-state index contributed by atoms with van der Waals surface area (Å²) in [7, 11) is 1.60. The maximum atomic E-state index is 13.9. The largest absolute Gasteiger partial charge is 0.497 e. The van der Waals surface area contributed by atoms with E-state index in [0.717, 1.165) is 16.5 Å². The third-order valence-electron chi connectivity index (χ3n) is 4.38. The van der Waals surface area contributed by atoms with E-state index >= 15 is 0 Å². The quantitative estimate of drug-likeness (QED) is 0.543. The maximum Gasteiger partial charge on any atom is 0.218 e. The molecule has 2 N–H and O–H groups in total. The SMILES string of the molecule is COc1ccc2cc(CNCCNC(C)=O)c(OCc3ccccc3F)nc2c1. The Hall–Kier alpha value is -3.19. The number of ether oxygens (including phenoxy) is 2. The lowest BCUT2D eigenvalue weighted by Crippen LogP contribution is -2.30. The van der Waals surface area contributed by atoms with Crippen molar-refractivity contribution in [3.63, 3.8) is 0 Å². The topological polar surface area (TPSA) is 72.5 Å². The van der Waals surface area contributed by atoms with Gasteiger partial charge in [-0.3, -0.25) is 4.79 Å². The number of hydrogen-bond acceptors (Lipinski definition) is 5. The number of methoxy groups -OCH3 is 1. The summed E-state index contributed by atoms with van der Waals surface area (Å²) in [4.78, 5) is 15.6. The van der Waals surface area contributed by atoms with Gasteiger partial charge < -0.3 is 20.1 Å². The summed E-state index contributed by atoms with van der Waals surface area (Å²) in [5.41, 5.74) is 2.04. The smallest absolute Gasteiger partial charge is 0.218 e. The molecular formula is C22H24FN3O3. The average molecular weight is 397 g/mol. The highest BCUT2D eigenvalue weighted by molar-refractivity contribution is 5.81. The van der Waals surface area contributed by atoms with Gasteiger partial charge in [-0.25, -0.2) is 9.37 Å². The molecule has 1 heterocycles. The molecule has 3 aromatic rings. The lowest BCUT2D eigenvalue weighted by atomic mass is 10.1. The molecule has 6 nitrogen and oxygen atoms in total. The minimum absolute atomic E-state index is 0.0676. The van der Waals surface area contributed by atoms with Crippen LogP contribution < -0.4 is 20.1 Å². The van der Waals surface area contributed by atoms with Crippen LogP contribution in [0.1, 0.15) is 18.1 Å². The van der Waals surface area contributed by atoms with Crippen LogP contribution in [0.3, 0.4) is 0 Å². The van der Waals surface area contributed by atoms with Crippen molar-refractivity contribution < 1.29 is 18.7 Å². The molecule has 29 heavy (non-hydrogen) atoms. The number of carbonyl (C=O) groups excluding carboxylic acids is 1. The number of carbonyl (C=O) groups is 1. The molecule has 0 fully saturated rings. The van der Waals surface area contributed by atoms with Gasteiger partial charge in [0.05, 0.1) is 12.6 Å². The van der Waals surface area contributed by atoms with E-state index in [0.29, 0.717) is 36.8 Å². The van der Waals surface area contributed by atoms with Crippen LogP contribution in [0.25, 0.3) is 10.9 Å². The molecule has 3 rings (SSSR count). The number of nitrogens with one attached hydrogen (secondary N) is 2. The normalized spacial score (nSPS) is 10.7. The Morgan fingerprint density at radius 3 is 2.69 bits per heavy atom. The zero-order chi connectivity index (χ0) is 20.6. The maximum absolute atomic E-state index is 13.9. The van der Waals surface area contributed by atoms with Gasteiger partial charge in [0, 0.05) is 49.1 Å². The first-order chi connectivity index (χ1) is 14.1. The molecule has 0 spiro atoms. The number of pyridine rings is 1. The summed E-state index contributed by atoms with van der Waals surface area (Å²) >= 11 is 0. The molecule has 152 valence electrons. The number of hydrogen-bond donors (Lipinski definition) is 2. The molecule has 7 heteroatoms. The summed E-state index contributed by atoms with van der Waals surface area (Å²) in [6, 6.07) is 14.1. The fourth-order valence-corrected chi connectivity index (χ4v) is 2.86. The Morgan fingerprint density at radius 1 is 1.10 bits per heavy atom. The van der Waals surface area contributed by atoms with E-state index in [9.17, 15) is 9.18 Å². The van der Waals surface area contributed by atoms with Gasteiger partial charge in [0.2, 0.25) is 11.8 Å². The summed E-state index contributed by atoms with van der Waals surface area (Å²) in [5.74, 6) is 0.749. The van der Waals surface area contributed by atoms with Crippen molar-refractivity contribution in [2.24, 2.45) is 0 Å². The molecule has 0 atom stereocenters. The summed E-state index contributed by atoms with van der Waals surface area (Å²) < 4.78 is 25.1. The first-order valence-corrected chi connectivity index (χ1v) is 9.36. The van der Waals surface area contributed by atoms with Crippen molar-refractivity contribution in [2.45, 2.75) is 20.1 Å². The summed E-state index contributed by atoms with van der Waals surface area (Å²) in [5, 5.41) is 6.95. The highest BCUT2D eigenvalue weighted by atomic mass is 19.1. The molecule has 1 aromatic heterocycles. The predicted octanol–water partition coefficient (Wildman–Crippen LogP) is 3.19. The molecule has 0 aliphatic carbocycles. The minimum atomic E-state index is -0.315. The zero-order valence-corrected chi connectivity index (χ0v) is 16.5. The second-order valence-corrected chi connectivity index (χ2v) is 6.55. The molecular weight excluding hydrogens is 373 g/mol. The number of amides is 1. The first-order valence-electron chi connectivity index (χ1n) is 9.36. The lowest BCUT2D eigenvalue weighted by molar-refractivity contribution is -0.118. The van der Waals surface area contributed by atoms with E-state index in [1.165, 1.54) is 13.0 Å². The van der Waals surface area contributed by atoms with Gasteiger partial charge in [0.25, 0.3) is 0 Å². The lowest BCUT2D eigenvalue weighted by Gasteiger charge is -2.14. The van der Waals surface area contributed by atoms with Gasteiger partial charge in [-0.05, 0) is 24.3 Å². The molecule has 0 aliphatic heterocycles. The van der Waals surface area contributed by atoms with E-state index in [-0.39, 0.29) is 18.3 Å². The highest BCUT2D eigenvalue weighted by Crippen LogP contribution is 2.26. The van der Waals surface area contributed by atoms with Gasteiger partial charge in [0.1, 0.15) is 18.2 Å². The van der Waals surface area contributed by atoms with Gasteiger partial charge in [0.15, 0.2) is 0 Å². The molecule has 2 aromatic carbocycles. The molecule has 0 bridgehead atoms. The van der Waals surface area contributed by atoms with Crippen LogP contribution in [0.5, 0.6) is 11.6 Å². The van der Waals surface area contributed by atoms with Crippen LogP contribution in [0.15, 0.2) is 48.5 Å². The molecule has 0 saturated carbocycles. The number of fused-ring (bicyclic) bond motifs is 1. The van der Waals surface area contributed by atoms with Crippen LogP contribution in [0.4, 0.5) is 4.39 Å². The van der Waals surface area contributed by atoms with Crippen molar-refractivity contribution in [2.75, 3.05) is 20.2 Å². The predicted molar refractivity (Wildman–Crippen MR) is 109 cm³/mol. The Morgan fingerprint density at radius 2 is 1.93 bits per heavy atom. The Labute approximate surface area is 169 Å². The van der Waals surface area contributed by atoms with Gasteiger partial charge in [-0.1, -0.05) is 18.2 Å². The van der Waals surface area contributed by atoms with Crippen molar-refractivity contribution in [3.8, 4) is 11.6 Å². The number of halogens is 1. The molecule has 0 unspecified atom stereocenters. The third kappa shape index (κ3) is 5.65. The van der Waals surface area contributed by atoms with E-state index in [2.05, 4.69) is 15.6 Å². The number of nitrogens with zero attached hydrogens (tertiary/aromatic N) is 1. The molecule has 1 amide bonds. The van der Waals surface area contributed by atoms with Crippen LogP contribution in [-0.4, -0.2) is 31.1 Å². The second kappa shape index (κ2) is 9.84. The Balaban J connectivity index is 1.80. The highest BCUT2D eigenvalue weighted by Gasteiger charge is 2.11. The Kier molecular flexibility index (Phi) is 6.97. The van der Waals surface area contributed by atoms with Crippen LogP contribution in [0, 0.1) is 5.82 Å². The van der Waals surface area contributed by atoms with E-state index in [1.807, 2.05) is 24.3 Å². The van der Waals surface area contributed by atoms with Crippen LogP contribution in [0.2, 0.25) is 0 Å². The van der Waals surface area contributed by atoms with E-state index < -0.39 is 0 Å². The van der Waals surface area contributed by atoms with Crippen LogP contribution in [-0.2, 0) is 17.9 Å². The molecule has 0 saturated heterocycles. The number of aromatic nitrogens is 1. The van der Waals surface area contributed by atoms with Crippen molar-refractivity contribution in [3.05, 3.63) is 65.5 Å². The zero-order valence-electron chi connectivity index (χ0n) is 16.5.